The van der Waals surface area contributed by atoms with E-state index in [0.29, 0.717) is 0 Å². The maximum atomic E-state index is 2.47. The van der Waals surface area contributed by atoms with E-state index in [9.17, 15) is 0 Å². The lowest BCUT2D eigenvalue weighted by atomic mass is 10.1. The number of aryl methyl sites for hydroxylation is 2. The van der Waals surface area contributed by atoms with Crippen molar-refractivity contribution in [3.8, 4) is 0 Å². The normalized spacial score (nSPS) is 12.8. The zero-order valence-corrected chi connectivity index (χ0v) is 19.9. The summed E-state index contributed by atoms with van der Waals surface area (Å²) in [5, 5.41) is 0. The third-order valence-corrected chi connectivity index (χ3v) is 7.33. The molecule has 0 N–H and O–H groups in total. The summed E-state index contributed by atoms with van der Waals surface area (Å²) in [5.41, 5.74) is 5.65. The van der Waals surface area contributed by atoms with Crippen molar-refractivity contribution in [2.45, 2.75) is 48.3 Å². The quantitative estimate of drug-likeness (QED) is 0.182. The molecule has 1 nitrogen and oxygen atoms in total. The Bertz CT molecular complexity index is 717. The maximum absolute atomic E-state index is 2.47. The van der Waals surface area contributed by atoms with Gasteiger partial charge in [0.2, 0.25) is 0 Å². The molecule has 4 heteroatoms. The van der Waals surface area contributed by atoms with E-state index in [0.717, 1.165) is 0 Å². The number of benzene rings is 2. The van der Waals surface area contributed by atoms with E-state index in [1.165, 1.54) is 79.7 Å². The second kappa shape index (κ2) is 9.83. The van der Waals surface area contributed by atoms with Gasteiger partial charge in [0, 0.05) is 16.8 Å². The summed E-state index contributed by atoms with van der Waals surface area (Å²) in [6.07, 6.45) is 7.59. The van der Waals surface area contributed by atoms with Crippen LogP contribution in [0.1, 0.15) is 36.8 Å². The fourth-order valence-electron chi connectivity index (χ4n) is 3.24. The Labute approximate surface area is 183 Å². The van der Waals surface area contributed by atoms with Gasteiger partial charge in [0.05, 0.1) is 11.4 Å². The van der Waals surface area contributed by atoms with Gasteiger partial charge in [-0.15, -0.1) is 0 Å². The highest BCUT2D eigenvalue weighted by molar-refractivity contribution is 14.1. The van der Waals surface area contributed by atoms with Crippen molar-refractivity contribution in [2.24, 2.45) is 0 Å². The highest BCUT2D eigenvalue weighted by Crippen LogP contribution is 2.48. The van der Waals surface area contributed by atoms with Gasteiger partial charge in [-0.25, -0.2) is 0 Å². The number of rotatable bonds is 8. The average molecular weight is 577 g/mol. The Balaban J connectivity index is 1.77. The Hall–Kier alpha value is 0.0500. The summed E-state index contributed by atoms with van der Waals surface area (Å²) in [4.78, 5) is 5.16. The summed E-state index contributed by atoms with van der Waals surface area (Å²) in [6.45, 7) is 0. The van der Waals surface area contributed by atoms with Crippen LogP contribution in [0, 0.1) is 0 Å². The van der Waals surface area contributed by atoms with E-state index in [1.54, 1.807) is 0 Å². The molecule has 0 spiro atoms. The first-order valence-corrected chi connectivity index (χ1v) is 12.9. The molecule has 0 radical (unpaired) electrons. The van der Waals surface area contributed by atoms with Gasteiger partial charge in [-0.3, -0.25) is 0 Å². The molecule has 134 valence electrons. The van der Waals surface area contributed by atoms with Gasteiger partial charge in [-0.05, 0) is 82.8 Å². The molecule has 0 bridgehead atoms. The van der Waals surface area contributed by atoms with Crippen LogP contribution in [-0.2, 0) is 12.8 Å². The van der Waals surface area contributed by atoms with Crippen LogP contribution in [0.3, 0.4) is 0 Å². The van der Waals surface area contributed by atoms with E-state index in [2.05, 4.69) is 93.5 Å². The lowest BCUT2D eigenvalue weighted by Crippen LogP contribution is -2.15. The first kappa shape index (κ1) is 19.8. The molecule has 0 saturated carbocycles. The average Bonchev–Trinajstić information content (AvgIpc) is 2.63. The fourth-order valence-corrected chi connectivity index (χ4v) is 5.51. The molecular weight excluding hydrogens is 552 g/mol. The summed E-state index contributed by atoms with van der Waals surface area (Å²) in [7, 11) is 2.21. The van der Waals surface area contributed by atoms with Crippen molar-refractivity contribution >= 4 is 68.3 Å². The number of unbranched alkanes of at least 4 members (excludes halogenated alkanes) is 2. The van der Waals surface area contributed by atoms with Crippen molar-refractivity contribution < 1.29 is 0 Å². The standard InChI is InChI=1S/C21H25I2NS/c1-24-18-10-8-17(7-3-5-13-23)15-21(18)25-20-11-9-16(14-19(20)24)6-2-4-12-22/h8-11,14-15H,2-7,12-13H2,1H3. The van der Waals surface area contributed by atoms with Crippen molar-refractivity contribution in [2.75, 3.05) is 20.8 Å². The molecular formula is C21H25I2NS. The topological polar surface area (TPSA) is 3.24 Å². The fraction of sp³-hybridized carbons (Fsp3) is 0.429. The van der Waals surface area contributed by atoms with E-state index in [1.807, 2.05) is 11.8 Å². The summed E-state index contributed by atoms with van der Waals surface area (Å²) < 4.78 is 2.51. The molecule has 0 amide bonds. The Morgan fingerprint density at radius 3 is 2.08 bits per heavy atom. The minimum atomic E-state index is 1.19. The number of anilines is 2. The van der Waals surface area contributed by atoms with Gasteiger partial charge in [-0.1, -0.05) is 69.1 Å². The van der Waals surface area contributed by atoms with E-state index >= 15 is 0 Å². The molecule has 2 aromatic carbocycles. The second-order valence-electron chi connectivity index (χ2n) is 6.56. The molecule has 1 aliphatic rings. The molecule has 0 unspecified atom stereocenters. The lowest BCUT2D eigenvalue weighted by molar-refractivity contribution is 0.806. The summed E-state index contributed by atoms with van der Waals surface area (Å²) in [6, 6.07) is 14.1. The van der Waals surface area contributed by atoms with Crippen LogP contribution < -0.4 is 4.90 Å². The zero-order valence-electron chi connectivity index (χ0n) is 14.7. The third kappa shape index (κ3) is 5.06. The smallest absolute Gasteiger partial charge is 0.0552 e. The van der Waals surface area contributed by atoms with Crippen molar-refractivity contribution in [3.05, 3.63) is 47.5 Å². The Kier molecular flexibility index (Phi) is 7.79. The highest BCUT2D eigenvalue weighted by atomic mass is 127. The highest BCUT2D eigenvalue weighted by Gasteiger charge is 2.21. The van der Waals surface area contributed by atoms with Crippen LogP contribution in [0.2, 0.25) is 0 Å². The molecule has 1 heterocycles. The molecule has 3 rings (SSSR count). The molecule has 1 aliphatic heterocycles. The van der Waals surface area contributed by atoms with E-state index in [4.69, 9.17) is 0 Å². The molecule has 0 saturated heterocycles. The predicted molar refractivity (Wildman–Crippen MR) is 129 cm³/mol. The van der Waals surface area contributed by atoms with Crippen LogP contribution in [0.5, 0.6) is 0 Å². The predicted octanol–water partition coefficient (Wildman–Crippen LogP) is 7.43. The number of hydrogen-bond donors (Lipinski definition) is 0. The summed E-state index contributed by atoms with van der Waals surface area (Å²) >= 11 is 6.87. The minimum absolute atomic E-state index is 1.19. The van der Waals surface area contributed by atoms with Gasteiger partial charge in [-0.2, -0.15) is 0 Å². The maximum Gasteiger partial charge on any atom is 0.0552 e. The SMILES string of the molecule is CN1c2ccc(CCCCI)cc2Sc2ccc(CCCCI)cc21. The number of hydrogen-bond acceptors (Lipinski definition) is 2. The van der Waals surface area contributed by atoms with Crippen LogP contribution in [-0.4, -0.2) is 15.9 Å². The monoisotopic (exact) mass is 577 g/mol. The lowest BCUT2D eigenvalue weighted by Gasteiger charge is -2.30. The zero-order chi connectivity index (χ0) is 17.6. The second-order valence-corrected chi connectivity index (χ2v) is 9.80. The molecule has 0 atom stereocenters. The van der Waals surface area contributed by atoms with Crippen LogP contribution in [0.25, 0.3) is 0 Å². The molecule has 2 aromatic rings. The first-order chi connectivity index (χ1) is 12.2. The molecule has 25 heavy (non-hydrogen) atoms. The number of nitrogens with zero attached hydrogens (tertiary/aromatic N) is 1. The van der Waals surface area contributed by atoms with Gasteiger partial charge in [0.1, 0.15) is 0 Å². The third-order valence-electron chi connectivity index (χ3n) is 4.69. The van der Waals surface area contributed by atoms with Crippen molar-refractivity contribution in [1.82, 2.24) is 0 Å². The van der Waals surface area contributed by atoms with Crippen LogP contribution in [0.15, 0.2) is 46.2 Å². The largest absolute Gasteiger partial charge is 0.343 e. The molecule has 0 fully saturated rings. The van der Waals surface area contributed by atoms with E-state index < -0.39 is 0 Å². The van der Waals surface area contributed by atoms with Gasteiger partial charge in [0.15, 0.2) is 0 Å². The number of halogens is 2. The molecule has 0 aliphatic carbocycles. The Morgan fingerprint density at radius 2 is 1.40 bits per heavy atom. The van der Waals surface area contributed by atoms with Gasteiger partial charge < -0.3 is 4.90 Å². The molecule has 0 aromatic heterocycles. The first-order valence-electron chi connectivity index (χ1n) is 9.02. The number of alkyl halides is 2. The summed E-state index contributed by atoms with van der Waals surface area (Å²) in [5.74, 6) is 0. The minimum Gasteiger partial charge on any atom is -0.343 e. The number of fused-ring (bicyclic) bond motifs is 2. The van der Waals surface area contributed by atoms with Crippen molar-refractivity contribution in [3.63, 3.8) is 0 Å². The van der Waals surface area contributed by atoms with Crippen molar-refractivity contribution in [1.29, 1.82) is 0 Å². The van der Waals surface area contributed by atoms with E-state index in [-0.39, 0.29) is 0 Å². The Morgan fingerprint density at radius 1 is 0.760 bits per heavy atom. The van der Waals surface area contributed by atoms with Gasteiger partial charge in [0.25, 0.3) is 0 Å². The van der Waals surface area contributed by atoms with Gasteiger partial charge >= 0.3 is 0 Å². The van der Waals surface area contributed by atoms with Crippen LogP contribution >= 0.6 is 56.9 Å². The van der Waals surface area contributed by atoms with Crippen LogP contribution in [0.4, 0.5) is 11.4 Å².